The number of rotatable bonds is 2. The quantitative estimate of drug-likeness (QED) is 0.913. The number of para-hydroxylation sites is 1. The Morgan fingerprint density at radius 2 is 2.00 bits per heavy atom. The molecule has 0 saturated carbocycles. The van der Waals surface area contributed by atoms with Gasteiger partial charge in [-0.05, 0) is 56.4 Å². The molecule has 1 aromatic carbocycles. The van der Waals surface area contributed by atoms with Crippen LogP contribution in [0.25, 0.3) is 0 Å². The van der Waals surface area contributed by atoms with Crippen LogP contribution in [0.3, 0.4) is 0 Å². The molecule has 110 valence electrons. The fourth-order valence-corrected chi connectivity index (χ4v) is 3.17. The Kier molecular flexibility index (Phi) is 3.93. The first kappa shape index (κ1) is 14.1. The first-order chi connectivity index (χ1) is 10.2. The number of fused-ring (bicyclic) bond motifs is 1. The van der Waals surface area contributed by atoms with Gasteiger partial charge in [0.05, 0.1) is 6.61 Å². The van der Waals surface area contributed by atoms with Gasteiger partial charge in [-0.25, -0.2) is 4.98 Å². The molecule has 1 aromatic heterocycles. The summed E-state index contributed by atoms with van der Waals surface area (Å²) < 4.78 is 0. The normalized spacial score (nSPS) is 14.7. The second kappa shape index (κ2) is 5.86. The van der Waals surface area contributed by atoms with E-state index in [1.165, 1.54) is 17.7 Å². The summed E-state index contributed by atoms with van der Waals surface area (Å²) in [6.45, 7) is 5.06. The zero-order chi connectivity index (χ0) is 14.8. The van der Waals surface area contributed by atoms with E-state index < -0.39 is 0 Å². The van der Waals surface area contributed by atoms with E-state index in [2.05, 4.69) is 29.2 Å². The Hall–Kier alpha value is -1.87. The lowest BCUT2D eigenvalue weighted by Crippen LogP contribution is -2.21. The van der Waals surface area contributed by atoms with Crippen LogP contribution in [0.5, 0.6) is 0 Å². The predicted octanol–water partition coefficient (Wildman–Crippen LogP) is 3.67. The molecule has 1 aliphatic rings. The maximum Gasteiger partial charge on any atom is 0.139 e. The maximum atomic E-state index is 9.77. The van der Waals surface area contributed by atoms with E-state index in [-0.39, 0.29) is 6.61 Å². The van der Waals surface area contributed by atoms with Crippen molar-refractivity contribution in [2.45, 2.75) is 39.7 Å². The number of aliphatic hydroxyl groups excluding tert-OH is 1. The van der Waals surface area contributed by atoms with Gasteiger partial charge < -0.3 is 10.0 Å². The lowest BCUT2D eigenvalue weighted by atomic mass is 10.1. The van der Waals surface area contributed by atoms with E-state index >= 15 is 0 Å². The third-order valence-corrected chi connectivity index (χ3v) is 4.23. The SMILES string of the molecule is Cc1cc(C)c(CO)c(N2CCCCc3ccccc32)n1. The van der Waals surface area contributed by atoms with E-state index in [0.717, 1.165) is 42.0 Å². The molecule has 0 aliphatic carbocycles. The van der Waals surface area contributed by atoms with Gasteiger partial charge in [-0.1, -0.05) is 18.2 Å². The average molecular weight is 282 g/mol. The molecule has 0 unspecified atom stereocenters. The van der Waals surface area contributed by atoms with Crippen molar-refractivity contribution in [3.8, 4) is 0 Å². The van der Waals surface area contributed by atoms with Crippen molar-refractivity contribution in [1.29, 1.82) is 0 Å². The number of benzene rings is 1. The van der Waals surface area contributed by atoms with Gasteiger partial charge in [-0.2, -0.15) is 0 Å². The molecular weight excluding hydrogens is 260 g/mol. The molecule has 3 nitrogen and oxygen atoms in total. The fourth-order valence-electron chi connectivity index (χ4n) is 3.17. The van der Waals surface area contributed by atoms with Crippen molar-refractivity contribution in [3.05, 3.63) is 52.7 Å². The maximum absolute atomic E-state index is 9.77. The van der Waals surface area contributed by atoms with Crippen molar-refractivity contribution in [2.75, 3.05) is 11.4 Å². The van der Waals surface area contributed by atoms with Crippen LogP contribution < -0.4 is 4.90 Å². The minimum atomic E-state index is 0.0348. The highest BCUT2D eigenvalue weighted by Gasteiger charge is 2.21. The van der Waals surface area contributed by atoms with E-state index in [4.69, 9.17) is 4.98 Å². The number of anilines is 2. The van der Waals surface area contributed by atoms with Crippen molar-refractivity contribution in [2.24, 2.45) is 0 Å². The highest BCUT2D eigenvalue weighted by molar-refractivity contribution is 5.67. The molecule has 0 bridgehead atoms. The number of aliphatic hydroxyl groups is 1. The summed E-state index contributed by atoms with van der Waals surface area (Å²) in [5.41, 5.74) is 5.67. The Balaban J connectivity index is 2.16. The van der Waals surface area contributed by atoms with Crippen LogP contribution in [0.4, 0.5) is 11.5 Å². The summed E-state index contributed by atoms with van der Waals surface area (Å²) >= 11 is 0. The third-order valence-electron chi connectivity index (χ3n) is 4.23. The molecule has 0 radical (unpaired) electrons. The number of hydrogen-bond acceptors (Lipinski definition) is 3. The van der Waals surface area contributed by atoms with Crippen LogP contribution in [0.15, 0.2) is 30.3 Å². The zero-order valence-electron chi connectivity index (χ0n) is 12.8. The second-order valence-corrected chi connectivity index (χ2v) is 5.78. The first-order valence-corrected chi connectivity index (χ1v) is 7.64. The highest BCUT2D eigenvalue weighted by atomic mass is 16.3. The Morgan fingerprint density at radius 1 is 1.19 bits per heavy atom. The molecule has 0 amide bonds. The highest BCUT2D eigenvalue weighted by Crippen LogP contribution is 2.34. The number of aromatic nitrogens is 1. The van der Waals surface area contributed by atoms with Gasteiger partial charge in [-0.15, -0.1) is 0 Å². The molecular formula is C18H22N2O. The summed E-state index contributed by atoms with van der Waals surface area (Å²) in [6.07, 6.45) is 3.47. The Bertz CT molecular complexity index is 652. The van der Waals surface area contributed by atoms with Gasteiger partial charge in [0, 0.05) is 23.5 Å². The van der Waals surface area contributed by atoms with Gasteiger partial charge in [-0.3, -0.25) is 0 Å². The standard InChI is InChI=1S/C18H22N2O/c1-13-11-14(2)19-18(16(13)12-21)20-10-6-5-8-15-7-3-4-9-17(15)20/h3-4,7,9,11,21H,5-6,8,10,12H2,1-2H3. The summed E-state index contributed by atoms with van der Waals surface area (Å²) in [5, 5.41) is 9.77. The number of hydrogen-bond donors (Lipinski definition) is 1. The summed E-state index contributed by atoms with van der Waals surface area (Å²) in [7, 11) is 0. The molecule has 0 fully saturated rings. The van der Waals surface area contributed by atoms with Crippen molar-refractivity contribution < 1.29 is 5.11 Å². The zero-order valence-corrected chi connectivity index (χ0v) is 12.8. The van der Waals surface area contributed by atoms with Crippen LogP contribution >= 0.6 is 0 Å². The fraction of sp³-hybridized carbons (Fsp3) is 0.389. The van der Waals surface area contributed by atoms with Gasteiger partial charge in [0.1, 0.15) is 5.82 Å². The molecule has 2 aromatic rings. The number of aryl methyl sites for hydroxylation is 3. The van der Waals surface area contributed by atoms with Gasteiger partial charge >= 0.3 is 0 Å². The van der Waals surface area contributed by atoms with E-state index in [0.29, 0.717) is 0 Å². The molecule has 1 aliphatic heterocycles. The predicted molar refractivity (Wildman–Crippen MR) is 86.0 cm³/mol. The van der Waals surface area contributed by atoms with Crippen molar-refractivity contribution >= 4 is 11.5 Å². The molecule has 0 atom stereocenters. The number of pyridine rings is 1. The minimum Gasteiger partial charge on any atom is -0.392 e. The molecule has 21 heavy (non-hydrogen) atoms. The van der Waals surface area contributed by atoms with E-state index in [1.54, 1.807) is 0 Å². The van der Waals surface area contributed by atoms with Gasteiger partial charge in [0.2, 0.25) is 0 Å². The van der Waals surface area contributed by atoms with Gasteiger partial charge in [0.15, 0.2) is 0 Å². The Morgan fingerprint density at radius 3 is 2.81 bits per heavy atom. The summed E-state index contributed by atoms with van der Waals surface area (Å²) in [4.78, 5) is 7.02. The van der Waals surface area contributed by atoms with Crippen LogP contribution in [-0.4, -0.2) is 16.6 Å². The van der Waals surface area contributed by atoms with E-state index in [9.17, 15) is 5.11 Å². The lowest BCUT2D eigenvalue weighted by molar-refractivity contribution is 0.281. The molecule has 0 saturated heterocycles. The van der Waals surface area contributed by atoms with Gasteiger partial charge in [0.25, 0.3) is 0 Å². The van der Waals surface area contributed by atoms with Crippen molar-refractivity contribution in [1.82, 2.24) is 4.98 Å². The monoisotopic (exact) mass is 282 g/mol. The Labute approximate surface area is 126 Å². The third kappa shape index (κ3) is 2.66. The van der Waals surface area contributed by atoms with Crippen LogP contribution in [0, 0.1) is 13.8 Å². The molecule has 3 heteroatoms. The van der Waals surface area contributed by atoms with Crippen LogP contribution in [0.2, 0.25) is 0 Å². The van der Waals surface area contributed by atoms with E-state index in [1.807, 2.05) is 19.9 Å². The number of nitrogens with zero attached hydrogens (tertiary/aromatic N) is 2. The summed E-state index contributed by atoms with van der Waals surface area (Å²) in [5.74, 6) is 0.921. The van der Waals surface area contributed by atoms with Crippen LogP contribution in [0.1, 0.15) is 35.2 Å². The minimum absolute atomic E-state index is 0.0348. The molecule has 2 heterocycles. The smallest absolute Gasteiger partial charge is 0.139 e. The average Bonchev–Trinajstić information content (AvgIpc) is 2.68. The molecule has 3 rings (SSSR count). The lowest BCUT2D eigenvalue weighted by Gasteiger charge is -2.27. The second-order valence-electron chi connectivity index (χ2n) is 5.78. The largest absolute Gasteiger partial charge is 0.392 e. The molecule has 0 spiro atoms. The van der Waals surface area contributed by atoms with Crippen LogP contribution in [-0.2, 0) is 13.0 Å². The first-order valence-electron chi connectivity index (χ1n) is 7.64. The van der Waals surface area contributed by atoms with Crippen molar-refractivity contribution in [3.63, 3.8) is 0 Å². The molecule has 1 N–H and O–H groups in total. The topological polar surface area (TPSA) is 36.4 Å². The summed E-state index contributed by atoms with van der Waals surface area (Å²) in [6, 6.07) is 10.6.